The van der Waals surface area contributed by atoms with Crippen LogP contribution in [0.25, 0.3) is 22.0 Å². The summed E-state index contributed by atoms with van der Waals surface area (Å²) in [5, 5.41) is 9.58. The summed E-state index contributed by atoms with van der Waals surface area (Å²) in [4.78, 5) is 11.6. The number of nitrogens with one attached hydrogen (secondary N) is 1. The quantitative estimate of drug-likeness (QED) is 0.563. The Morgan fingerprint density at radius 2 is 2.07 bits per heavy atom. The second-order valence-electron chi connectivity index (χ2n) is 7.38. The third-order valence-corrected chi connectivity index (χ3v) is 5.12. The number of hydrogen-bond acceptors (Lipinski definition) is 4. The molecule has 0 atom stereocenters. The number of carbonyl (C=O) groups is 1. The highest BCUT2D eigenvalue weighted by Gasteiger charge is 2.14. The summed E-state index contributed by atoms with van der Waals surface area (Å²) in [5.74, 6) is 0.267. The van der Waals surface area contributed by atoms with Crippen LogP contribution in [0.2, 0.25) is 5.02 Å². The maximum Gasteiger partial charge on any atom is 0.305 e. The summed E-state index contributed by atoms with van der Waals surface area (Å²) in [6.07, 6.45) is 2.71. The normalized spacial score (nSPS) is 11.2. The van der Waals surface area contributed by atoms with Crippen LogP contribution >= 0.6 is 11.6 Å². The molecule has 3 rings (SSSR count). The van der Waals surface area contributed by atoms with Gasteiger partial charge in [-0.2, -0.15) is 5.10 Å². The van der Waals surface area contributed by atoms with Gasteiger partial charge < -0.3 is 10.1 Å². The van der Waals surface area contributed by atoms with Gasteiger partial charge in [0.1, 0.15) is 0 Å². The number of aromatic nitrogens is 2. The van der Waals surface area contributed by atoms with Crippen molar-refractivity contribution in [3.05, 3.63) is 47.1 Å². The molecule has 0 radical (unpaired) electrons. The number of anilines is 1. The predicted octanol–water partition coefficient (Wildman–Crippen LogP) is 5.07. The molecule has 0 unspecified atom stereocenters. The number of rotatable bonds is 7. The van der Waals surface area contributed by atoms with E-state index >= 15 is 0 Å². The Labute approximate surface area is 170 Å². The molecule has 28 heavy (non-hydrogen) atoms. The molecule has 0 saturated carbocycles. The van der Waals surface area contributed by atoms with E-state index in [0.717, 1.165) is 39.8 Å². The largest absolute Gasteiger partial charge is 0.469 e. The van der Waals surface area contributed by atoms with E-state index in [1.165, 1.54) is 7.11 Å². The number of aryl methyl sites for hydroxylation is 2. The molecule has 0 bridgehead atoms. The molecular formula is C22H26ClN3O2. The summed E-state index contributed by atoms with van der Waals surface area (Å²) >= 11 is 6.52. The van der Waals surface area contributed by atoms with Crippen LogP contribution in [0.1, 0.15) is 25.8 Å². The van der Waals surface area contributed by atoms with Crippen molar-refractivity contribution >= 4 is 34.2 Å². The van der Waals surface area contributed by atoms with Gasteiger partial charge in [-0.15, -0.1) is 0 Å². The molecule has 5 nitrogen and oxygen atoms in total. The van der Waals surface area contributed by atoms with E-state index in [9.17, 15) is 4.79 Å². The van der Waals surface area contributed by atoms with Crippen LogP contribution in [0.5, 0.6) is 0 Å². The van der Waals surface area contributed by atoms with Gasteiger partial charge in [0, 0.05) is 41.7 Å². The fraction of sp³-hybridized carbons (Fsp3) is 0.364. The molecule has 0 amide bonds. The fourth-order valence-corrected chi connectivity index (χ4v) is 3.44. The number of halogens is 1. The van der Waals surface area contributed by atoms with Crippen LogP contribution in [-0.4, -0.2) is 29.4 Å². The van der Waals surface area contributed by atoms with Crippen molar-refractivity contribution in [2.24, 2.45) is 13.0 Å². The lowest BCUT2D eigenvalue weighted by Gasteiger charge is -2.17. The number of benzene rings is 2. The Bertz CT molecular complexity index is 995. The van der Waals surface area contributed by atoms with E-state index in [0.29, 0.717) is 23.8 Å². The molecule has 0 saturated heterocycles. The molecule has 0 spiro atoms. The van der Waals surface area contributed by atoms with Crippen molar-refractivity contribution < 1.29 is 9.53 Å². The Morgan fingerprint density at radius 3 is 2.79 bits per heavy atom. The molecule has 0 aliphatic heterocycles. The Balaban J connectivity index is 2.03. The Kier molecular flexibility index (Phi) is 6.25. The second-order valence-corrected chi connectivity index (χ2v) is 7.79. The summed E-state index contributed by atoms with van der Waals surface area (Å²) in [6.45, 7) is 5.18. The van der Waals surface area contributed by atoms with Crippen molar-refractivity contribution in [2.75, 3.05) is 19.0 Å². The van der Waals surface area contributed by atoms with Crippen LogP contribution < -0.4 is 5.32 Å². The summed E-state index contributed by atoms with van der Waals surface area (Å²) in [7, 11) is 3.34. The minimum absolute atomic E-state index is 0.239. The summed E-state index contributed by atoms with van der Waals surface area (Å²) < 4.78 is 6.62. The first-order valence-electron chi connectivity index (χ1n) is 9.44. The number of esters is 1. The zero-order chi connectivity index (χ0) is 20.3. The van der Waals surface area contributed by atoms with Crippen molar-refractivity contribution in [1.82, 2.24) is 9.78 Å². The first kappa shape index (κ1) is 20.2. The van der Waals surface area contributed by atoms with Crippen molar-refractivity contribution in [2.45, 2.75) is 26.7 Å². The highest BCUT2D eigenvalue weighted by atomic mass is 35.5. The maximum atomic E-state index is 11.6. The van der Waals surface area contributed by atoms with Gasteiger partial charge in [-0.3, -0.25) is 9.48 Å². The van der Waals surface area contributed by atoms with E-state index in [1.54, 1.807) is 0 Å². The van der Waals surface area contributed by atoms with Crippen LogP contribution in [0, 0.1) is 5.92 Å². The SMILES string of the molecule is COC(=O)CCc1cc(-c2ccc3c(cnn3C)c2)c(NCC(C)C)cc1Cl. The molecule has 6 heteroatoms. The van der Waals surface area contributed by atoms with Gasteiger partial charge in [0.25, 0.3) is 0 Å². The van der Waals surface area contributed by atoms with Gasteiger partial charge in [-0.05, 0) is 47.7 Å². The molecule has 3 aromatic rings. The lowest BCUT2D eigenvalue weighted by atomic mass is 9.97. The summed E-state index contributed by atoms with van der Waals surface area (Å²) in [5.41, 5.74) is 5.16. The minimum atomic E-state index is -0.239. The molecular weight excluding hydrogens is 374 g/mol. The Hall–Kier alpha value is -2.53. The molecule has 148 valence electrons. The zero-order valence-electron chi connectivity index (χ0n) is 16.8. The maximum absolute atomic E-state index is 11.6. The number of nitrogens with zero attached hydrogens (tertiary/aromatic N) is 2. The van der Waals surface area contributed by atoms with Gasteiger partial charge in [-0.25, -0.2) is 0 Å². The van der Waals surface area contributed by atoms with Crippen LogP contribution in [0.15, 0.2) is 36.5 Å². The first-order chi connectivity index (χ1) is 13.4. The van der Waals surface area contributed by atoms with Gasteiger partial charge >= 0.3 is 5.97 Å². The average Bonchev–Trinajstić information content (AvgIpc) is 3.05. The first-order valence-corrected chi connectivity index (χ1v) is 9.82. The average molecular weight is 400 g/mol. The van der Waals surface area contributed by atoms with Gasteiger partial charge in [0.15, 0.2) is 0 Å². The topological polar surface area (TPSA) is 56.1 Å². The third kappa shape index (κ3) is 4.47. The molecule has 1 N–H and O–H groups in total. The fourth-order valence-electron chi connectivity index (χ4n) is 3.18. The number of fused-ring (bicyclic) bond motifs is 1. The minimum Gasteiger partial charge on any atom is -0.469 e. The molecule has 0 fully saturated rings. The number of methoxy groups -OCH3 is 1. The van der Waals surface area contributed by atoms with E-state index in [2.05, 4.69) is 48.5 Å². The van der Waals surface area contributed by atoms with E-state index in [4.69, 9.17) is 16.3 Å². The van der Waals surface area contributed by atoms with Crippen molar-refractivity contribution in [3.63, 3.8) is 0 Å². The van der Waals surface area contributed by atoms with Gasteiger partial charge in [0.05, 0.1) is 18.8 Å². The number of hydrogen-bond donors (Lipinski definition) is 1. The van der Waals surface area contributed by atoms with Crippen molar-refractivity contribution in [1.29, 1.82) is 0 Å². The number of carbonyl (C=O) groups excluding carboxylic acids is 1. The van der Waals surface area contributed by atoms with E-state index < -0.39 is 0 Å². The lowest BCUT2D eigenvalue weighted by molar-refractivity contribution is -0.140. The predicted molar refractivity (Wildman–Crippen MR) is 115 cm³/mol. The molecule has 0 aliphatic carbocycles. The molecule has 0 aliphatic rings. The highest BCUT2D eigenvalue weighted by Crippen LogP contribution is 2.35. The number of ether oxygens (including phenoxy) is 1. The van der Waals surface area contributed by atoms with E-state index in [1.807, 2.05) is 24.0 Å². The second kappa shape index (κ2) is 8.65. The van der Waals surface area contributed by atoms with Crippen LogP contribution in [0.4, 0.5) is 5.69 Å². The third-order valence-electron chi connectivity index (χ3n) is 4.77. The monoisotopic (exact) mass is 399 g/mol. The zero-order valence-corrected chi connectivity index (χ0v) is 17.5. The van der Waals surface area contributed by atoms with Crippen molar-refractivity contribution in [3.8, 4) is 11.1 Å². The van der Waals surface area contributed by atoms with Gasteiger partial charge in [-0.1, -0.05) is 31.5 Å². The Morgan fingerprint density at radius 1 is 1.29 bits per heavy atom. The molecule has 2 aromatic carbocycles. The summed E-state index contributed by atoms with van der Waals surface area (Å²) in [6, 6.07) is 10.3. The van der Waals surface area contributed by atoms with Gasteiger partial charge in [0.2, 0.25) is 0 Å². The van der Waals surface area contributed by atoms with E-state index in [-0.39, 0.29) is 5.97 Å². The standard InChI is InChI=1S/C22H26ClN3O2/c1-14(2)12-24-20-11-19(23)16(6-8-22(27)28-4)10-18(20)15-5-7-21-17(9-15)13-25-26(21)3/h5,7,9-11,13-14,24H,6,8,12H2,1-4H3. The van der Waals surface area contributed by atoms with Crippen LogP contribution in [0.3, 0.4) is 0 Å². The highest BCUT2D eigenvalue weighted by molar-refractivity contribution is 6.31. The van der Waals surface area contributed by atoms with Crippen LogP contribution in [-0.2, 0) is 23.0 Å². The molecule has 1 heterocycles. The lowest BCUT2D eigenvalue weighted by Crippen LogP contribution is -2.09. The smallest absolute Gasteiger partial charge is 0.305 e. The molecule has 1 aromatic heterocycles.